The van der Waals surface area contributed by atoms with E-state index in [4.69, 9.17) is 0 Å². The summed E-state index contributed by atoms with van der Waals surface area (Å²) in [5, 5.41) is 6.80. The molecule has 2 aromatic heterocycles. The molecule has 0 fully saturated rings. The Morgan fingerprint density at radius 2 is 2.29 bits per heavy atom. The van der Waals surface area contributed by atoms with E-state index >= 15 is 0 Å². The molecule has 0 aliphatic heterocycles. The monoisotopic (exact) mass is 266 g/mol. The molecule has 0 bridgehead atoms. The van der Waals surface area contributed by atoms with E-state index in [2.05, 4.69) is 48.6 Å². The second kappa shape index (κ2) is 5.76. The summed E-state index contributed by atoms with van der Waals surface area (Å²) in [5.41, 5.74) is 1.18. The Hall–Kier alpha value is -0.710. The number of rotatable bonds is 5. The Bertz CT molecular complexity index is 460. The molecule has 92 valence electrons. The third-order valence-corrected chi connectivity index (χ3v) is 4.90. The number of hydrogen-bond donors (Lipinski definition) is 1. The molecule has 0 aliphatic carbocycles. The summed E-state index contributed by atoms with van der Waals surface area (Å²) in [4.78, 5) is 7.44. The molecular formula is C13H18N2S2. The van der Waals surface area contributed by atoms with Gasteiger partial charge in [0.1, 0.15) is 0 Å². The molecule has 0 spiro atoms. The maximum absolute atomic E-state index is 4.67. The minimum absolute atomic E-state index is 0.412. The molecule has 0 saturated heterocycles. The quantitative estimate of drug-likeness (QED) is 0.891. The van der Waals surface area contributed by atoms with Crippen LogP contribution < -0.4 is 5.32 Å². The van der Waals surface area contributed by atoms with Gasteiger partial charge in [0, 0.05) is 22.2 Å². The van der Waals surface area contributed by atoms with E-state index in [1.807, 2.05) is 11.3 Å². The van der Waals surface area contributed by atoms with Gasteiger partial charge in [-0.05, 0) is 31.8 Å². The molecule has 2 nitrogen and oxygen atoms in total. The highest BCUT2D eigenvalue weighted by molar-refractivity contribution is 7.12. The van der Waals surface area contributed by atoms with Crippen LogP contribution in [0.1, 0.15) is 40.3 Å². The van der Waals surface area contributed by atoms with Crippen molar-refractivity contribution in [3.63, 3.8) is 0 Å². The fraction of sp³-hybridized carbons (Fsp3) is 0.462. The lowest BCUT2D eigenvalue weighted by Crippen LogP contribution is -2.17. The van der Waals surface area contributed by atoms with E-state index in [1.165, 1.54) is 20.5 Å². The van der Waals surface area contributed by atoms with E-state index in [9.17, 15) is 0 Å². The first-order valence-electron chi connectivity index (χ1n) is 5.92. The second-order valence-electron chi connectivity index (χ2n) is 4.09. The number of thiazole rings is 1. The van der Waals surface area contributed by atoms with E-state index in [1.54, 1.807) is 11.3 Å². The van der Waals surface area contributed by atoms with Crippen LogP contribution in [-0.2, 0) is 6.42 Å². The van der Waals surface area contributed by atoms with Crippen LogP contribution in [0.5, 0.6) is 0 Å². The van der Waals surface area contributed by atoms with Crippen molar-refractivity contribution in [2.24, 2.45) is 0 Å². The number of thiophene rings is 1. The van der Waals surface area contributed by atoms with Crippen molar-refractivity contribution in [1.29, 1.82) is 0 Å². The average molecular weight is 266 g/mol. The third kappa shape index (κ3) is 3.15. The molecule has 0 aliphatic rings. The van der Waals surface area contributed by atoms with Crippen molar-refractivity contribution in [3.05, 3.63) is 38.0 Å². The summed E-state index contributed by atoms with van der Waals surface area (Å²) in [6.07, 6.45) is 0.974. The molecule has 4 heteroatoms. The summed E-state index contributed by atoms with van der Waals surface area (Å²) in [5.74, 6) is 0. The zero-order chi connectivity index (χ0) is 12.3. The first kappa shape index (κ1) is 12.7. The van der Waals surface area contributed by atoms with Crippen LogP contribution in [-0.4, -0.2) is 11.5 Å². The van der Waals surface area contributed by atoms with E-state index < -0.39 is 0 Å². The van der Waals surface area contributed by atoms with Crippen molar-refractivity contribution in [3.8, 4) is 0 Å². The molecule has 1 unspecified atom stereocenters. The molecule has 0 aromatic carbocycles. The second-order valence-corrected chi connectivity index (χ2v) is 6.24. The lowest BCUT2D eigenvalue weighted by Gasteiger charge is -2.09. The molecule has 17 heavy (non-hydrogen) atoms. The molecule has 0 saturated carbocycles. The smallest absolute Gasteiger partial charge is 0.0983 e. The Balaban J connectivity index is 2.13. The van der Waals surface area contributed by atoms with Gasteiger partial charge in [-0.3, -0.25) is 0 Å². The lowest BCUT2D eigenvalue weighted by molar-refractivity contribution is 0.603. The van der Waals surface area contributed by atoms with Crippen LogP contribution in [0.3, 0.4) is 0 Å². The van der Waals surface area contributed by atoms with Crippen molar-refractivity contribution in [2.45, 2.75) is 33.2 Å². The SMILES string of the molecule is CCNC(C)c1sc(Cc2cccs2)nc1C. The maximum Gasteiger partial charge on any atom is 0.0983 e. The summed E-state index contributed by atoms with van der Waals surface area (Å²) in [7, 11) is 0. The van der Waals surface area contributed by atoms with E-state index in [0.717, 1.165) is 13.0 Å². The molecular weight excluding hydrogens is 248 g/mol. The summed E-state index contributed by atoms with van der Waals surface area (Å²) < 4.78 is 0. The molecule has 1 atom stereocenters. The molecule has 1 N–H and O–H groups in total. The van der Waals surface area contributed by atoms with Gasteiger partial charge in [-0.2, -0.15) is 0 Å². The predicted octanol–water partition coefficient (Wildman–Crippen LogP) is 3.77. The van der Waals surface area contributed by atoms with Crippen LogP contribution in [0.4, 0.5) is 0 Å². The summed E-state index contributed by atoms with van der Waals surface area (Å²) in [6.45, 7) is 7.45. The molecule has 0 radical (unpaired) electrons. The highest BCUT2D eigenvalue weighted by atomic mass is 32.1. The summed E-state index contributed by atoms with van der Waals surface area (Å²) in [6, 6.07) is 4.69. The van der Waals surface area contributed by atoms with Gasteiger partial charge in [0.05, 0.1) is 10.7 Å². The van der Waals surface area contributed by atoms with Gasteiger partial charge in [-0.15, -0.1) is 22.7 Å². The van der Waals surface area contributed by atoms with E-state index in [-0.39, 0.29) is 0 Å². The molecule has 2 rings (SSSR count). The Labute approximate surface area is 111 Å². The number of nitrogens with one attached hydrogen (secondary N) is 1. The highest BCUT2D eigenvalue weighted by Gasteiger charge is 2.13. The zero-order valence-electron chi connectivity index (χ0n) is 10.5. The number of aromatic nitrogens is 1. The maximum atomic E-state index is 4.67. The first-order chi connectivity index (χ1) is 8.20. The predicted molar refractivity (Wildman–Crippen MR) is 76.1 cm³/mol. The fourth-order valence-corrected chi connectivity index (χ4v) is 3.82. The number of nitrogens with zero attached hydrogens (tertiary/aromatic N) is 1. The van der Waals surface area contributed by atoms with Gasteiger partial charge in [-0.1, -0.05) is 13.0 Å². The highest BCUT2D eigenvalue weighted by Crippen LogP contribution is 2.27. The Morgan fingerprint density at radius 1 is 1.47 bits per heavy atom. The number of aryl methyl sites for hydroxylation is 1. The Morgan fingerprint density at radius 3 is 2.94 bits per heavy atom. The van der Waals surface area contributed by atoms with Crippen molar-refractivity contribution in [1.82, 2.24) is 10.3 Å². The average Bonchev–Trinajstić information content (AvgIpc) is 2.89. The van der Waals surface area contributed by atoms with Gasteiger partial charge in [0.2, 0.25) is 0 Å². The minimum atomic E-state index is 0.412. The molecule has 2 aromatic rings. The largest absolute Gasteiger partial charge is 0.310 e. The van der Waals surface area contributed by atoms with Gasteiger partial charge >= 0.3 is 0 Å². The van der Waals surface area contributed by atoms with Crippen LogP contribution in [0.2, 0.25) is 0 Å². The van der Waals surface area contributed by atoms with Gasteiger partial charge in [0.15, 0.2) is 0 Å². The van der Waals surface area contributed by atoms with Gasteiger partial charge in [-0.25, -0.2) is 4.98 Å². The molecule has 2 heterocycles. The summed E-state index contributed by atoms with van der Waals surface area (Å²) >= 11 is 3.64. The minimum Gasteiger partial charge on any atom is -0.310 e. The van der Waals surface area contributed by atoms with Crippen molar-refractivity contribution < 1.29 is 0 Å². The topological polar surface area (TPSA) is 24.9 Å². The van der Waals surface area contributed by atoms with Gasteiger partial charge in [0.25, 0.3) is 0 Å². The first-order valence-corrected chi connectivity index (χ1v) is 7.62. The normalized spacial score (nSPS) is 12.9. The molecule has 0 amide bonds. The third-order valence-electron chi connectivity index (χ3n) is 2.69. The van der Waals surface area contributed by atoms with Crippen molar-refractivity contribution in [2.75, 3.05) is 6.54 Å². The van der Waals surface area contributed by atoms with Crippen LogP contribution in [0.15, 0.2) is 17.5 Å². The fourth-order valence-electron chi connectivity index (χ4n) is 1.90. The van der Waals surface area contributed by atoms with Crippen molar-refractivity contribution >= 4 is 22.7 Å². The van der Waals surface area contributed by atoms with Crippen LogP contribution in [0, 0.1) is 6.92 Å². The van der Waals surface area contributed by atoms with E-state index in [0.29, 0.717) is 6.04 Å². The van der Waals surface area contributed by atoms with Crippen LogP contribution in [0.25, 0.3) is 0 Å². The lowest BCUT2D eigenvalue weighted by atomic mass is 10.2. The number of hydrogen-bond acceptors (Lipinski definition) is 4. The standard InChI is InChI=1S/C13H18N2S2/c1-4-14-9(2)13-10(3)15-12(17-13)8-11-6-5-7-16-11/h5-7,9,14H,4,8H2,1-3H3. The zero-order valence-corrected chi connectivity index (χ0v) is 12.1. The van der Waals surface area contributed by atoms with Gasteiger partial charge < -0.3 is 5.32 Å². The van der Waals surface area contributed by atoms with Crippen LogP contribution >= 0.6 is 22.7 Å². The Kier molecular flexibility index (Phi) is 4.31.